The van der Waals surface area contributed by atoms with E-state index in [2.05, 4.69) is 11.1 Å². The molecule has 1 aromatic heterocycles. The maximum atomic E-state index is 9.13. The van der Waals surface area contributed by atoms with Crippen LogP contribution in [0.15, 0.2) is 6.33 Å². The molecule has 1 aromatic rings. The molecule has 6 heteroatoms. The molecule has 1 saturated heterocycles. The minimum atomic E-state index is 0.474. The van der Waals surface area contributed by atoms with E-state index in [4.69, 9.17) is 22.2 Å². The summed E-state index contributed by atoms with van der Waals surface area (Å²) in [6.45, 7) is 2.84. The number of nitrogens with zero attached hydrogens (tertiary/aromatic N) is 4. The average Bonchev–Trinajstić information content (AvgIpc) is 2.33. The highest BCUT2D eigenvalue weighted by Gasteiger charge is 2.17. The fourth-order valence-electron chi connectivity index (χ4n) is 1.64. The van der Waals surface area contributed by atoms with Gasteiger partial charge in [-0.1, -0.05) is 12.2 Å². The van der Waals surface area contributed by atoms with Crippen molar-refractivity contribution in [3.8, 4) is 6.07 Å². The Morgan fingerprint density at radius 2 is 2.19 bits per heavy atom. The number of hydrogen-bond donors (Lipinski definition) is 0. The first-order valence-electron chi connectivity index (χ1n) is 5.02. The number of aromatic nitrogens is 2. The molecule has 0 amide bonds. The molecule has 2 heterocycles. The highest BCUT2D eigenvalue weighted by molar-refractivity contribution is 7.71. The van der Waals surface area contributed by atoms with Gasteiger partial charge in [0, 0.05) is 20.1 Å². The van der Waals surface area contributed by atoms with Crippen LogP contribution in [0.1, 0.15) is 5.56 Å². The van der Waals surface area contributed by atoms with Gasteiger partial charge < -0.3 is 14.2 Å². The van der Waals surface area contributed by atoms with Crippen LogP contribution in [0.3, 0.4) is 0 Å². The zero-order chi connectivity index (χ0) is 11.5. The van der Waals surface area contributed by atoms with Gasteiger partial charge in [-0.2, -0.15) is 5.26 Å². The Kier molecular flexibility index (Phi) is 3.17. The van der Waals surface area contributed by atoms with Gasteiger partial charge in [-0.3, -0.25) is 0 Å². The monoisotopic (exact) mass is 236 g/mol. The number of morpholine rings is 1. The van der Waals surface area contributed by atoms with Gasteiger partial charge in [0.1, 0.15) is 16.3 Å². The molecular formula is C10H12N4OS. The summed E-state index contributed by atoms with van der Waals surface area (Å²) in [5.74, 6) is 0.675. The van der Waals surface area contributed by atoms with Gasteiger partial charge in [-0.25, -0.2) is 4.98 Å². The van der Waals surface area contributed by atoms with Crippen LogP contribution in [0.4, 0.5) is 5.82 Å². The number of anilines is 1. The Morgan fingerprint density at radius 1 is 1.50 bits per heavy atom. The Hall–Kier alpha value is -1.45. The first-order valence-corrected chi connectivity index (χ1v) is 5.43. The number of hydrogen-bond acceptors (Lipinski definition) is 5. The van der Waals surface area contributed by atoms with Gasteiger partial charge in [0.15, 0.2) is 5.82 Å². The molecule has 1 aliphatic heterocycles. The second-order valence-electron chi connectivity index (χ2n) is 3.57. The molecule has 0 N–H and O–H groups in total. The molecule has 0 atom stereocenters. The summed E-state index contributed by atoms with van der Waals surface area (Å²) in [4.78, 5) is 6.32. The SMILES string of the molecule is Cn1cnc(N2CCOCC2)c(C#N)c1=S. The Balaban J connectivity index is 2.44. The molecule has 0 spiro atoms. The standard InChI is InChI=1S/C10H12N4OS/c1-13-7-12-9(8(6-11)10(13)16)14-2-4-15-5-3-14/h7H,2-5H2,1H3. The van der Waals surface area contributed by atoms with Crippen LogP contribution < -0.4 is 4.90 Å². The third-order valence-electron chi connectivity index (χ3n) is 2.53. The van der Waals surface area contributed by atoms with E-state index in [0.717, 1.165) is 13.1 Å². The van der Waals surface area contributed by atoms with Gasteiger partial charge in [-0.15, -0.1) is 0 Å². The Morgan fingerprint density at radius 3 is 2.81 bits per heavy atom. The van der Waals surface area contributed by atoms with Gasteiger partial charge >= 0.3 is 0 Å². The fourth-order valence-corrected chi connectivity index (χ4v) is 1.83. The minimum absolute atomic E-state index is 0.474. The zero-order valence-corrected chi connectivity index (χ0v) is 9.83. The van der Waals surface area contributed by atoms with Gasteiger partial charge in [0.25, 0.3) is 0 Å². The van der Waals surface area contributed by atoms with Crippen LogP contribution in [-0.4, -0.2) is 35.9 Å². The van der Waals surface area contributed by atoms with Crippen molar-refractivity contribution in [2.75, 3.05) is 31.2 Å². The minimum Gasteiger partial charge on any atom is -0.378 e. The fraction of sp³-hybridized carbons (Fsp3) is 0.500. The van der Waals surface area contributed by atoms with Crippen molar-refractivity contribution in [2.45, 2.75) is 0 Å². The molecule has 1 fully saturated rings. The molecule has 5 nitrogen and oxygen atoms in total. The van der Waals surface area contributed by atoms with Crippen molar-refractivity contribution in [2.24, 2.45) is 7.05 Å². The van der Waals surface area contributed by atoms with Crippen molar-refractivity contribution < 1.29 is 4.74 Å². The maximum absolute atomic E-state index is 9.13. The summed E-state index contributed by atoms with van der Waals surface area (Å²) >= 11 is 5.19. The smallest absolute Gasteiger partial charge is 0.151 e. The number of aryl methyl sites for hydroxylation is 1. The maximum Gasteiger partial charge on any atom is 0.151 e. The molecule has 0 aromatic carbocycles. The van der Waals surface area contributed by atoms with Crippen LogP contribution in [0.5, 0.6) is 0 Å². The van der Waals surface area contributed by atoms with E-state index in [9.17, 15) is 0 Å². The van der Waals surface area contributed by atoms with Crippen LogP contribution in [0, 0.1) is 16.0 Å². The van der Waals surface area contributed by atoms with Crippen molar-refractivity contribution in [1.82, 2.24) is 9.55 Å². The van der Waals surface area contributed by atoms with Crippen molar-refractivity contribution in [3.05, 3.63) is 16.5 Å². The highest BCUT2D eigenvalue weighted by atomic mass is 32.1. The lowest BCUT2D eigenvalue weighted by atomic mass is 10.3. The predicted octanol–water partition coefficient (Wildman–Crippen LogP) is 0.858. The molecule has 16 heavy (non-hydrogen) atoms. The normalized spacial score (nSPS) is 15.9. The molecule has 0 aliphatic carbocycles. The zero-order valence-electron chi connectivity index (χ0n) is 9.01. The van der Waals surface area contributed by atoms with Gasteiger partial charge in [0.2, 0.25) is 0 Å². The third-order valence-corrected chi connectivity index (χ3v) is 3.03. The van der Waals surface area contributed by atoms with Gasteiger partial charge in [0.05, 0.1) is 19.5 Å². The van der Waals surface area contributed by atoms with Crippen molar-refractivity contribution in [1.29, 1.82) is 5.26 Å². The second kappa shape index (κ2) is 4.60. The highest BCUT2D eigenvalue weighted by Crippen LogP contribution is 2.18. The van der Waals surface area contributed by atoms with E-state index in [1.807, 2.05) is 4.90 Å². The summed E-state index contributed by atoms with van der Waals surface area (Å²) in [6.07, 6.45) is 1.65. The number of ether oxygens (including phenoxy) is 1. The third kappa shape index (κ3) is 1.92. The van der Waals surface area contributed by atoms with Gasteiger partial charge in [-0.05, 0) is 0 Å². The molecule has 1 aliphatic rings. The first-order chi connectivity index (χ1) is 7.74. The van der Waals surface area contributed by atoms with Crippen molar-refractivity contribution in [3.63, 3.8) is 0 Å². The molecule has 0 unspecified atom stereocenters. The molecule has 84 valence electrons. The summed E-state index contributed by atoms with van der Waals surface area (Å²) in [6, 6.07) is 2.13. The lowest BCUT2D eigenvalue weighted by molar-refractivity contribution is 0.122. The molecule has 2 rings (SSSR count). The van der Waals surface area contributed by atoms with E-state index in [1.54, 1.807) is 17.9 Å². The van der Waals surface area contributed by atoms with Crippen LogP contribution >= 0.6 is 12.2 Å². The Bertz CT molecular complexity index is 485. The quantitative estimate of drug-likeness (QED) is 0.677. The molecule has 0 bridgehead atoms. The van der Waals surface area contributed by atoms with E-state index < -0.39 is 0 Å². The summed E-state index contributed by atoms with van der Waals surface area (Å²) in [5.41, 5.74) is 0.474. The van der Waals surface area contributed by atoms with Crippen LogP contribution in [0.2, 0.25) is 0 Å². The number of nitriles is 1. The summed E-state index contributed by atoms with van der Waals surface area (Å²) in [5, 5.41) is 9.13. The largest absolute Gasteiger partial charge is 0.378 e. The molecule has 0 saturated carbocycles. The lowest BCUT2D eigenvalue weighted by Crippen LogP contribution is -2.37. The summed E-state index contributed by atoms with van der Waals surface area (Å²) in [7, 11) is 1.79. The van der Waals surface area contributed by atoms with E-state index in [0.29, 0.717) is 29.2 Å². The first kappa shape index (κ1) is 11.0. The predicted molar refractivity (Wildman–Crippen MR) is 61.8 cm³/mol. The van der Waals surface area contributed by atoms with E-state index in [-0.39, 0.29) is 0 Å². The van der Waals surface area contributed by atoms with Crippen molar-refractivity contribution >= 4 is 18.0 Å². The second-order valence-corrected chi connectivity index (χ2v) is 3.96. The topological polar surface area (TPSA) is 54.1 Å². The van der Waals surface area contributed by atoms with Crippen LogP contribution in [0.25, 0.3) is 0 Å². The molecular weight excluding hydrogens is 224 g/mol. The number of rotatable bonds is 1. The van der Waals surface area contributed by atoms with E-state index in [1.165, 1.54) is 0 Å². The average molecular weight is 236 g/mol. The van der Waals surface area contributed by atoms with E-state index >= 15 is 0 Å². The lowest BCUT2D eigenvalue weighted by Gasteiger charge is -2.28. The Labute approximate surface area is 98.9 Å². The van der Waals surface area contributed by atoms with Crippen LogP contribution in [-0.2, 0) is 11.8 Å². The summed E-state index contributed by atoms with van der Waals surface area (Å²) < 4.78 is 7.47. The molecule has 0 radical (unpaired) electrons.